The third kappa shape index (κ3) is 3.19. The summed E-state index contributed by atoms with van der Waals surface area (Å²) in [6.07, 6.45) is 2.06. The van der Waals surface area contributed by atoms with Gasteiger partial charge in [-0.2, -0.15) is 0 Å². The van der Waals surface area contributed by atoms with E-state index in [0.717, 1.165) is 24.1 Å². The van der Waals surface area contributed by atoms with Gasteiger partial charge in [0.25, 0.3) is 0 Å². The SMILES string of the molecule is CCC(CC)N(C)c1c(F)cccc1CNC. The van der Waals surface area contributed by atoms with E-state index < -0.39 is 0 Å². The predicted molar refractivity (Wildman–Crippen MR) is 71.9 cm³/mol. The van der Waals surface area contributed by atoms with Crippen LogP contribution in [0.3, 0.4) is 0 Å². The number of hydrogen-bond donors (Lipinski definition) is 1. The number of para-hydroxylation sites is 1. The Morgan fingerprint density at radius 2 is 1.94 bits per heavy atom. The topological polar surface area (TPSA) is 15.3 Å². The van der Waals surface area contributed by atoms with Crippen molar-refractivity contribution in [3.05, 3.63) is 29.6 Å². The van der Waals surface area contributed by atoms with Crippen LogP contribution < -0.4 is 10.2 Å². The molecule has 0 aliphatic carbocycles. The maximum absolute atomic E-state index is 14.0. The first kappa shape index (κ1) is 14.0. The second-order valence-electron chi connectivity index (χ2n) is 4.36. The van der Waals surface area contributed by atoms with E-state index in [2.05, 4.69) is 24.1 Å². The van der Waals surface area contributed by atoms with Crippen LogP contribution in [0.5, 0.6) is 0 Å². The zero-order chi connectivity index (χ0) is 12.8. The molecule has 0 radical (unpaired) electrons. The summed E-state index contributed by atoms with van der Waals surface area (Å²) in [5.41, 5.74) is 1.75. The minimum atomic E-state index is -0.132. The average molecular weight is 238 g/mol. The Morgan fingerprint density at radius 3 is 2.47 bits per heavy atom. The molecule has 0 atom stereocenters. The number of nitrogens with zero attached hydrogens (tertiary/aromatic N) is 1. The van der Waals surface area contributed by atoms with Crippen molar-refractivity contribution in [2.45, 2.75) is 39.3 Å². The molecule has 0 heterocycles. The van der Waals surface area contributed by atoms with Crippen LogP contribution in [0, 0.1) is 5.82 Å². The summed E-state index contributed by atoms with van der Waals surface area (Å²) >= 11 is 0. The van der Waals surface area contributed by atoms with E-state index >= 15 is 0 Å². The summed E-state index contributed by atoms with van der Waals surface area (Å²) in [4.78, 5) is 2.07. The second-order valence-corrected chi connectivity index (χ2v) is 4.36. The number of benzene rings is 1. The quantitative estimate of drug-likeness (QED) is 0.819. The van der Waals surface area contributed by atoms with Gasteiger partial charge in [-0.1, -0.05) is 26.0 Å². The molecule has 1 rings (SSSR count). The van der Waals surface area contributed by atoms with Crippen LogP contribution in [0.15, 0.2) is 18.2 Å². The van der Waals surface area contributed by atoms with Crippen molar-refractivity contribution in [2.24, 2.45) is 0 Å². The van der Waals surface area contributed by atoms with Gasteiger partial charge in [0.15, 0.2) is 0 Å². The molecule has 0 aliphatic rings. The van der Waals surface area contributed by atoms with Gasteiger partial charge in [-0.15, -0.1) is 0 Å². The molecule has 17 heavy (non-hydrogen) atoms. The zero-order valence-corrected chi connectivity index (χ0v) is 11.3. The zero-order valence-electron chi connectivity index (χ0n) is 11.3. The summed E-state index contributed by atoms with van der Waals surface area (Å²) in [7, 11) is 3.86. The molecule has 0 fully saturated rings. The Balaban J connectivity index is 3.09. The summed E-state index contributed by atoms with van der Waals surface area (Å²) in [5, 5.41) is 3.09. The molecule has 0 amide bonds. The minimum Gasteiger partial charge on any atom is -0.369 e. The second kappa shape index (κ2) is 6.60. The predicted octanol–water partition coefficient (Wildman–Crippen LogP) is 3.17. The number of nitrogens with one attached hydrogen (secondary N) is 1. The summed E-state index contributed by atoms with van der Waals surface area (Å²) < 4.78 is 14.0. The first-order valence-electron chi connectivity index (χ1n) is 6.30. The Morgan fingerprint density at radius 1 is 1.29 bits per heavy atom. The standard InChI is InChI=1S/C14H23FN2/c1-5-12(6-2)17(4)14-11(10-16-3)8-7-9-13(14)15/h7-9,12,16H,5-6,10H2,1-4H3. The van der Waals surface area contributed by atoms with Crippen molar-refractivity contribution in [1.29, 1.82) is 0 Å². The van der Waals surface area contributed by atoms with Crippen LogP contribution in [0.4, 0.5) is 10.1 Å². The van der Waals surface area contributed by atoms with Gasteiger partial charge in [0, 0.05) is 19.6 Å². The lowest BCUT2D eigenvalue weighted by Gasteiger charge is -2.30. The fourth-order valence-electron chi connectivity index (χ4n) is 2.31. The van der Waals surface area contributed by atoms with Gasteiger partial charge >= 0.3 is 0 Å². The normalized spacial score (nSPS) is 10.9. The van der Waals surface area contributed by atoms with Crippen LogP contribution in [0.2, 0.25) is 0 Å². The third-order valence-electron chi connectivity index (χ3n) is 3.28. The van der Waals surface area contributed by atoms with Crippen molar-refractivity contribution < 1.29 is 4.39 Å². The van der Waals surface area contributed by atoms with Gasteiger partial charge in [-0.25, -0.2) is 4.39 Å². The van der Waals surface area contributed by atoms with Crippen molar-refractivity contribution in [2.75, 3.05) is 19.0 Å². The molecule has 3 heteroatoms. The molecule has 2 nitrogen and oxygen atoms in total. The molecule has 0 saturated carbocycles. The third-order valence-corrected chi connectivity index (χ3v) is 3.28. The van der Waals surface area contributed by atoms with Gasteiger partial charge in [-0.3, -0.25) is 0 Å². The summed E-state index contributed by atoms with van der Waals surface area (Å²) in [5.74, 6) is -0.132. The highest BCUT2D eigenvalue weighted by Gasteiger charge is 2.17. The molecule has 0 saturated heterocycles. The highest BCUT2D eigenvalue weighted by Crippen LogP contribution is 2.26. The summed E-state index contributed by atoms with van der Waals surface area (Å²) in [6, 6.07) is 5.68. The lowest BCUT2D eigenvalue weighted by atomic mass is 10.1. The maximum atomic E-state index is 14.0. The lowest BCUT2D eigenvalue weighted by Crippen LogP contribution is -2.32. The number of hydrogen-bond acceptors (Lipinski definition) is 2. The van der Waals surface area contributed by atoms with E-state index in [1.807, 2.05) is 20.2 Å². The fourth-order valence-corrected chi connectivity index (χ4v) is 2.31. The van der Waals surface area contributed by atoms with Crippen molar-refractivity contribution >= 4 is 5.69 Å². The van der Waals surface area contributed by atoms with Crippen molar-refractivity contribution in [3.8, 4) is 0 Å². The Bertz CT molecular complexity index is 348. The van der Waals surface area contributed by atoms with Gasteiger partial charge in [0.1, 0.15) is 5.82 Å². The molecular weight excluding hydrogens is 215 g/mol. The van der Waals surface area contributed by atoms with Crippen LogP contribution >= 0.6 is 0 Å². The van der Waals surface area contributed by atoms with E-state index in [1.54, 1.807) is 6.07 Å². The molecule has 0 aliphatic heterocycles. The summed E-state index contributed by atoms with van der Waals surface area (Å²) in [6.45, 7) is 4.98. The molecule has 1 aromatic rings. The Kier molecular flexibility index (Phi) is 5.42. The monoisotopic (exact) mass is 238 g/mol. The molecule has 1 aromatic carbocycles. The average Bonchev–Trinajstić information content (AvgIpc) is 2.31. The largest absolute Gasteiger partial charge is 0.369 e. The Labute approximate surface area is 104 Å². The first-order chi connectivity index (χ1) is 8.15. The molecule has 96 valence electrons. The first-order valence-corrected chi connectivity index (χ1v) is 6.30. The number of rotatable bonds is 6. The van der Waals surface area contributed by atoms with E-state index in [-0.39, 0.29) is 5.82 Å². The van der Waals surface area contributed by atoms with Crippen LogP contribution in [0.25, 0.3) is 0 Å². The van der Waals surface area contributed by atoms with Gasteiger partial charge in [0.2, 0.25) is 0 Å². The molecule has 1 N–H and O–H groups in total. The van der Waals surface area contributed by atoms with Crippen molar-refractivity contribution in [1.82, 2.24) is 5.32 Å². The maximum Gasteiger partial charge on any atom is 0.146 e. The molecule has 0 spiro atoms. The van der Waals surface area contributed by atoms with E-state index in [0.29, 0.717) is 12.6 Å². The van der Waals surface area contributed by atoms with Crippen LogP contribution in [0.1, 0.15) is 32.3 Å². The van der Waals surface area contributed by atoms with Gasteiger partial charge in [0.05, 0.1) is 5.69 Å². The molecule has 0 aromatic heterocycles. The highest BCUT2D eigenvalue weighted by molar-refractivity contribution is 5.55. The Hall–Kier alpha value is -1.09. The smallest absolute Gasteiger partial charge is 0.146 e. The molecular formula is C14H23FN2. The minimum absolute atomic E-state index is 0.132. The fraction of sp³-hybridized carbons (Fsp3) is 0.571. The lowest BCUT2D eigenvalue weighted by molar-refractivity contribution is 0.562. The van der Waals surface area contributed by atoms with Gasteiger partial charge in [-0.05, 0) is 31.5 Å². The highest BCUT2D eigenvalue weighted by atomic mass is 19.1. The molecule has 0 unspecified atom stereocenters. The number of halogens is 1. The van der Waals surface area contributed by atoms with E-state index in [4.69, 9.17) is 0 Å². The number of anilines is 1. The van der Waals surface area contributed by atoms with Crippen LogP contribution in [-0.2, 0) is 6.54 Å². The van der Waals surface area contributed by atoms with Gasteiger partial charge < -0.3 is 10.2 Å². The van der Waals surface area contributed by atoms with E-state index in [9.17, 15) is 4.39 Å². The van der Waals surface area contributed by atoms with Crippen LogP contribution in [-0.4, -0.2) is 20.1 Å². The van der Waals surface area contributed by atoms with E-state index in [1.165, 1.54) is 6.07 Å². The molecule has 0 bridgehead atoms. The van der Waals surface area contributed by atoms with Crippen molar-refractivity contribution in [3.63, 3.8) is 0 Å².